The molecule has 1 heterocycles. The molecule has 106 valence electrons. The summed E-state index contributed by atoms with van der Waals surface area (Å²) in [6.45, 7) is 1.49. The fraction of sp³-hybridized carbons (Fsp3) is 0.167. The maximum absolute atomic E-state index is 10.1. The van der Waals surface area contributed by atoms with E-state index in [0.29, 0.717) is 12.3 Å². The third-order valence-corrected chi connectivity index (χ3v) is 3.60. The van der Waals surface area contributed by atoms with Gasteiger partial charge in [-0.2, -0.15) is 0 Å². The molecule has 0 saturated heterocycles. The highest BCUT2D eigenvalue weighted by atomic mass is 16.3. The Balaban J connectivity index is 1.67. The predicted molar refractivity (Wildman–Crippen MR) is 85.3 cm³/mol. The summed E-state index contributed by atoms with van der Waals surface area (Å²) in [6.07, 6.45) is 2.69. The van der Waals surface area contributed by atoms with E-state index in [1.807, 2.05) is 48.7 Å². The van der Waals surface area contributed by atoms with E-state index in [1.165, 1.54) is 0 Å². The fourth-order valence-corrected chi connectivity index (χ4v) is 2.49. The molecule has 0 spiro atoms. The number of fused-ring (bicyclic) bond motifs is 1. The molecule has 21 heavy (non-hydrogen) atoms. The predicted octanol–water partition coefficient (Wildman–Crippen LogP) is 3.27. The molecule has 0 aliphatic carbocycles. The summed E-state index contributed by atoms with van der Waals surface area (Å²) in [5.74, 6) is 0.346. The Morgan fingerprint density at radius 3 is 2.67 bits per heavy atom. The smallest absolute Gasteiger partial charge is 0.120 e. The SMILES string of the molecule is Oc1ccc2ccccc2c1CNCCc1ccccn1. The topological polar surface area (TPSA) is 45.1 Å². The molecule has 3 heteroatoms. The third-order valence-electron chi connectivity index (χ3n) is 3.60. The van der Waals surface area contributed by atoms with Crippen LogP contribution < -0.4 is 5.32 Å². The Kier molecular flexibility index (Phi) is 4.12. The Hall–Kier alpha value is -2.39. The lowest BCUT2D eigenvalue weighted by atomic mass is 10.0. The van der Waals surface area contributed by atoms with Gasteiger partial charge in [-0.1, -0.05) is 36.4 Å². The van der Waals surface area contributed by atoms with Gasteiger partial charge in [-0.05, 0) is 29.0 Å². The van der Waals surface area contributed by atoms with E-state index < -0.39 is 0 Å². The molecule has 0 radical (unpaired) electrons. The Labute approximate surface area is 124 Å². The van der Waals surface area contributed by atoms with Crippen molar-refractivity contribution in [1.29, 1.82) is 0 Å². The lowest BCUT2D eigenvalue weighted by molar-refractivity contribution is 0.466. The second kappa shape index (κ2) is 6.37. The second-order valence-corrected chi connectivity index (χ2v) is 5.03. The van der Waals surface area contributed by atoms with Crippen LogP contribution in [-0.4, -0.2) is 16.6 Å². The number of hydrogen-bond donors (Lipinski definition) is 2. The lowest BCUT2D eigenvalue weighted by Gasteiger charge is -2.10. The molecular formula is C18H18N2O. The van der Waals surface area contributed by atoms with Gasteiger partial charge < -0.3 is 10.4 Å². The van der Waals surface area contributed by atoms with Crippen molar-refractivity contribution in [2.24, 2.45) is 0 Å². The number of phenolic OH excluding ortho intramolecular Hbond substituents is 1. The van der Waals surface area contributed by atoms with Crippen LogP contribution in [0.4, 0.5) is 0 Å². The number of aromatic hydroxyl groups is 1. The highest BCUT2D eigenvalue weighted by Crippen LogP contribution is 2.26. The van der Waals surface area contributed by atoms with E-state index in [4.69, 9.17) is 0 Å². The maximum Gasteiger partial charge on any atom is 0.120 e. The molecular weight excluding hydrogens is 260 g/mol. The van der Waals surface area contributed by atoms with Crippen LogP contribution in [0, 0.1) is 0 Å². The number of phenols is 1. The van der Waals surface area contributed by atoms with Crippen molar-refractivity contribution < 1.29 is 5.11 Å². The summed E-state index contributed by atoms with van der Waals surface area (Å²) in [6, 6.07) is 17.8. The largest absolute Gasteiger partial charge is 0.508 e. The number of aromatic nitrogens is 1. The number of benzene rings is 2. The zero-order valence-corrected chi connectivity index (χ0v) is 11.8. The van der Waals surface area contributed by atoms with Crippen LogP contribution in [0.3, 0.4) is 0 Å². The molecule has 0 saturated carbocycles. The van der Waals surface area contributed by atoms with E-state index >= 15 is 0 Å². The van der Waals surface area contributed by atoms with Crippen molar-refractivity contribution in [3.63, 3.8) is 0 Å². The van der Waals surface area contributed by atoms with Crippen LogP contribution in [0.1, 0.15) is 11.3 Å². The third kappa shape index (κ3) is 3.20. The van der Waals surface area contributed by atoms with E-state index in [9.17, 15) is 5.11 Å². The molecule has 0 aliphatic heterocycles. The highest BCUT2D eigenvalue weighted by molar-refractivity contribution is 5.87. The molecule has 0 aliphatic rings. The average molecular weight is 278 g/mol. The molecule has 1 aromatic heterocycles. The van der Waals surface area contributed by atoms with Crippen molar-refractivity contribution in [3.05, 3.63) is 72.1 Å². The number of nitrogens with one attached hydrogen (secondary N) is 1. The highest BCUT2D eigenvalue weighted by Gasteiger charge is 2.06. The first-order valence-electron chi connectivity index (χ1n) is 7.15. The van der Waals surface area contributed by atoms with Crippen molar-refractivity contribution >= 4 is 10.8 Å². The Morgan fingerprint density at radius 2 is 1.81 bits per heavy atom. The van der Waals surface area contributed by atoms with Crippen LogP contribution in [0.2, 0.25) is 0 Å². The van der Waals surface area contributed by atoms with Crippen molar-refractivity contribution in [2.45, 2.75) is 13.0 Å². The zero-order chi connectivity index (χ0) is 14.5. The number of rotatable bonds is 5. The summed E-state index contributed by atoms with van der Waals surface area (Å²) < 4.78 is 0. The standard InChI is InChI=1S/C18H18N2O/c21-18-9-8-14-5-1-2-7-16(14)17(18)13-19-12-10-15-6-3-4-11-20-15/h1-9,11,19,21H,10,12-13H2. The zero-order valence-electron chi connectivity index (χ0n) is 11.8. The van der Waals surface area contributed by atoms with Gasteiger partial charge >= 0.3 is 0 Å². The van der Waals surface area contributed by atoms with Crippen molar-refractivity contribution in [3.8, 4) is 5.75 Å². The Morgan fingerprint density at radius 1 is 0.952 bits per heavy atom. The molecule has 0 fully saturated rings. The first-order chi connectivity index (χ1) is 10.3. The van der Waals surface area contributed by atoms with E-state index in [0.717, 1.165) is 35.0 Å². The van der Waals surface area contributed by atoms with Crippen LogP contribution in [0.15, 0.2) is 60.8 Å². The normalized spacial score (nSPS) is 10.9. The minimum absolute atomic E-state index is 0.346. The monoisotopic (exact) mass is 278 g/mol. The molecule has 0 bridgehead atoms. The van der Waals surface area contributed by atoms with Crippen LogP contribution >= 0.6 is 0 Å². The molecule has 3 rings (SSSR count). The second-order valence-electron chi connectivity index (χ2n) is 5.03. The van der Waals surface area contributed by atoms with Gasteiger partial charge in [0.15, 0.2) is 0 Å². The van der Waals surface area contributed by atoms with Gasteiger partial charge in [0.2, 0.25) is 0 Å². The van der Waals surface area contributed by atoms with Gasteiger partial charge in [0.1, 0.15) is 5.75 Å². The maximum atomic E-state index is 10.1. The Bertz CT molecular complexity index is 726. The van der Waals surface area contributed by atoms with Gasteiger partial charge in [0, 0.05) is 37.0 Å². The van der Waals surface area contributed by atoms with Gasteiger partial charge in [-0.3, -0.25) is 4.98 Å². The molecule has 3 nitrogen and oxygen atoms in total. The summed E-state index contributed by atoms with van der Waals surface area (Å²) in [5.41, 5.74) is 2.03. The average Bonchev–Trinajstić information content (AvgIpc) is 2.54. The minimum atomic E-state index is 0.346. The molecule has 2 aromatic carbocycles. The fourth-order valence-electron chi connectivity index (χ4n) is 2.49. The van der Waals surface area contributed by atoms with Crippen LogP contribution in [0.5, 0.6) is 5.75 Å². The van der Waals surface area contributed by atoms with Crippen molar-refractivity contribution in [1.82, 2.24) is 10.3 Å². The van der Waals surface area contributed by atoms with Gasteiger partial charge in [-0.15, -0.1) is 0 Å². The van der Waals surface area contributed by atoms with Crippen LogP contribution in [0.25, 0.3) is 10.8 Å². The summed E-state index contributed by atoms with van der Waals surface area (Å²) >= 11 is 0. The first-order valence-corrected chi connectivity index (χ1v) is 7.15. The molecule has 2 N–H and O–H groups in total. The van der Waals surface area contributed by atoms with Crippen molar-refractivity contribution in [2.75, 3.05) is 6.54 Å². The number of nitrogens with zero attached hydrogens (tertiary/aromatic N) is 1. The van der Waals surface area contributed by atoms with E-state index in [-0.39, 0.29) is 0 Å². The molecule has 3 aromatic rings. The summed E-state index contributed by atoms with van der Waals surface area (Å²) in [7, 11) is 0. The van der Waals surface area contributed by atoms with Gasteiger partial charge in [0.25, 0.3) is 0 Å². The first kappa shape index (κ1) is 13.6. The summed E-state index contributed by atoms with van der Waals surface area (Å²) in [4.78, 5) is 4.30. The van der Waals surface area contributed by atoms with Crippen LogP contribution in [-0.2, 0) is 13.0 Å². The quantitative estimate of drug-likeness (QED) is 0.704. The number of pyridine rings is 1. The summed E-state index contributed by atoms with van der Waals surface area (Å²) in [5, 5.41) is 15.7. The number of hydrogen-bond acceptors (Lipinski definition) is 3. The van der Waals surface area contributed by atoms with E-state index in [1.54, 1.807) is 6.07 Å². The van der Waals surface area contributed by atoms with Gasteiger partial charge in [-0.25, -0.2) is 0 Å². The van der Waals surface area contributed by atoms with Gasteiger partial charge in [0.05, 0.1) is 0 Å². The van der Waals surface area contributed by atoms with E-state index in [2.05, 4.69) is 16.4 Å². The minimum Gasteiger partial charge on any atom is -0.508 e. The molecule has 0 atom stereocenters. The molecule has 0 amide bonds. The molecule has 0 unspecified atom stereocenters. The lowest BCUT2D eigenvalue weighted by Crippen LogP contribution is -2.17.